The van der Waals surface area contributed by atoms with Crippen LogP contribution in [0.3, 0.4) is 0 Å². The first-order valence-corrected chi connectivity index (χ1v) is 9.93. The molecule has 2 aromatic heterocycles. The Morgan fingerprint density at radius 3 is 2.94 bits per heavy atom. The minimum absolute atomic E-state index is 0.383. The van der Waals surface area contributed by atoms with Gasteiger partial charge < -0.3 is 19.7 Å². The number of nitrogens with one attached hydrogen (secondary N) is 2. The van der Waals surface area contributed by atoms with E-state index in [1.807, 2.05) is 30.3 Å². The summed E-state index contributed by atoms with van der Waals surface area (Å²) < 4.78 is 10.8. The summed E-state index contributed by atoms with van der Waals surface area (Å²) in [5.41, 5.74) is 2.62. The van der Waals surface area contributed by atoms with E-state index in [4.69, 9.17) is 9.47 Å². The van der Waals surface area contributed by atoms with Gasteiger partial charge in [-0.25, -0.2) is 14.8 Å². The third-order valence-corrected chi connectivity index (χ3v) is 4.93. The standard InChI is InChI=1S/C22H20N6O3/c29-22(28-8-10-30-11-9-28)31-18-3-1-2-15(13-18)21-23-7-6-20(26-21)25-17-4-5-19-16(12-17)14-24-27-19/h1-7,12-14H,8-11H2,(H,24,27)(H,23,25,26). The van der Waals surface area contributed by atoms with E-state index in [9.17, 15) is 4.79 Å². The van der Waals surface area contributed by atoms with Gasteiger partial charge in [-0.1, -0.05) is 12.1 Å². The minimum Gasteiger partial charge on any atom is -0.410 e. The van der Waals surface area contributed by atoms with E-state index in [2.05, 4.69) is 25.5 Å². The van der Waals surface area contributed by atoms with Gasteiger partial charge in [0.1, 0.15) is 11.6 Å². The van der Waals surface area contributed by atoms with Crippen LogP contribution in [-0.4, -0.2) is 57.5 Å². The lowest BCUT2D eigenvalue weighted by Crippen LogP contribution is -2.42. The van der Waals surface area contributed by atoms with Gasteiger partial charge in [0.25, 0.3) is 0 Å². The van der Waals surface area contributed by atoms with Crippen LogP contribution < -0.4 is 10.1 Å². The third kappa shape index (κ3) is 4.31. The lowest BCUT2D eigenvalue weighted by Gasteiger charge is -2.25. The molecule has 0 saturated carbocycles. The van der Waals surface area contributed by atoms with Crippen molar-refractivity contribution in [1.29, 1.82) is 0 Å². The number of anilines is 2. The Kier molecular flexibility index (Phi) is 5.16. The fraction of sp³-hybridized carbons (Fsp3) is 0.182. The number of nitrogens with zero attached hydrogens (tertiary/aromatic N) is 4. The monoisotopic (exact) mass is 416 g/mol. The summed E-state index contributed by atoms with van der Waals surface area (Å²) >= 11 is 0. The summed E-state index contributed by atoms with van der Waals surface area (Å²) in [4.78, 5) is 23.0. The number of ether oxygens (including phenoxy) is 2. The Labute approximate surface area is 178 Å². The van der Waals surface area contributed by atoms with E-state index in [0.29, 0.717) is 43.7 Å². The molecule has 2 aromatic carbocycles. The van der Waals surface area contributed by atoms with E-state index in [0.717, 1.165) is 22.2 Å². The number of hydrogen-bond acceptors (Lipinski definition) is 7. The number of rotatable bonds is 4. The molecule has 1 saturated heterocycles. The van der Waals surface area contributed by atoms with Crippen molar-refractivity contribution >= 4 is 28.5 Å². The molecular weight excluding hydrogens is 396 g/mol. The Hall–Kier alpha value is -3.98. The molecular formula is C22H20N6O3. The van der Waals surface area contributed by atoms with Crippen LogP contribution in [0.4, 0.5) is 16.3 Å². The highest BCUT2D eigenvalue weighted by atomic mass is 16.6. The Balaban J connectivity index is 1.33. The molecule has 4 aromatic rings. The Bertz CT molecular complexity index is 1220. The van der Waals surface area contributed by atoms with Crippen LogP contribution in [0.1, 0.15) is 0 Å². The molecule has 0 bridgehead atoms. The smallest absolute Gasteiger partial charge is 0.410 e. The number of H-pyrrole nitrogens is 1. The highest BCUT2D eigenvalue weighted by molar-refractivity contribution is 5.82. The van der Waals surface area contributed by atoms with Gasteiger partial charge in [0, 0.05) is 35.9 Å². The maximum absolute atomic E-state index is 12.3. The van der Waals surface area contributed by atoms with Crippen LogP contribution in [0.25, 0.3) is 22.3 Å². The van der Waals surface area contributed by atoms with E-state index in [1.165, 1.54) is 0 Å². The molecule has 9 nitrogen and oxygen atoms in total. The molecule has 1 fully saturated rings. The van der Waals surface area contributed by atoms with Gasteiger partial charge in [-0.05, 0) is 36.4 Å². The molecule has 1 aliphatic heterocycles. The van der Waals surface area contributed by atoms with Crippen molar-refractivity contribution in [2.75, 3.05) is 31.6 Å². The SMILES string of the molecule is O=C(Oc1cccc(-c2nccc(Nc3ccc4[nH]ncc4c3)n2)c1)N1CCOCC1. The van der Waals surface area contributed by atoms with E-state index in [1.54, 1.807) is 35.5 Å². The van der Waals surface area contributed by atoms with Crippen molar-refractivity contribution in [1.82, 2.24) is 25.1 Å². The van der Waals surface area contributed by atoms with Gasteiger partial charge in [0.15, 0.2) is 5.82 Å². The van der Waals surface area contributed by atoms with Crippen molar-refractivity contribution in [2.45, 2.75) is 0 Å². The van der Waals surface area contributed by atoms with Crippen molar-refractivity contribution < 1.29 is 14.3 Å². The number of carbonyl (C=O) groups is 1. The van der Waals surface area contributed by atoms with Crippen LogP contribution in [0.2, 0.25) is 0 Å². The van der Waals surface area contributed by atoms with E-state index < -0.39 is 0 Å². The van der Waals surface area contributed by atoms with Gasteiger partial charge >= 0.3 is 6.09 Å². The van der Waals surface area contributed by atoms with Crippen molar-refractivity contribution in [2.24, 2.45) is 0 Å². The average molecular weight is 416 g/mol. The number of fused-ring (bicyclic) bond motifs is 1. The molecule has 0 aliphatic carbocycles. The number of morpholine rings is 1. The second-order valence-electron chi connectivity index (χ2n) is 7.06. The van der Waals surface area contributed by atoms with Gasteiger partial charge in [-0.2, -0.15) is 5.10 Å². The fourth-order valence-corrected chi connectivity index (χ4v) is 3.35. The van der Waals surface area contributed by atoms with Gasteiger partial charge in [0.05, 0.1) is 24.9 Å². The molecule has 31 heavy (non-hydrogen) atoms. The van der Waals surface area contributed by atoms with Gasteiger partial charge in [0.2, 0.25) is 0 Å². The second kappa shape index (κ2) is 8.41. The predicted molar refractivity (Wildman–Crippen MR) is 115 cm³/mol. The van der Waals surface area contributed by atoms with Crippen LogP contribution in [0.15, 0.2) is 60.9 Å². The van der Waals surface area contributed by atoms with E-state index >= 15 is 0 Å². The average Bonchev–Trinajstić information content (AvgIpc) is 3.28. The van der Waals surface area contributed by atoms with Crippen LogP contribution in [-0.2, 0) is 4.74 Å². The van der Waals surface area contributed by atoms with Crippen LogP contribution >= 0.6 is 0 Å². The maximum atomic E-state index is 12.3. The van der Waals surface area contributed by atoms with Crippen LogP contribution in [0, 0.1) is 0 Å². The summed E-state index contributed by atoms with van der Waals surface area (Å²) in [7, 11) is 0. The molecule has 9 heteroatoms. The molecule has 1 aliphatic rings. The van der Waals surface area contributed by atoms with Gasteiger partial charge in [-0.15, -0.1) is 0 Å². The number of amides is 1. The Morgan fingerprint density at radius 1 is 1.13 bits per heavy atom. The molecule has 0 unspecified atom stereocenters. The molecule has 156 valence electrons. The lowest BCUT2D eigenvalue weighted by atomic mass is 10.2. The first kappa shape index (κ1) is 19.0. The maximum Gasteiger partial charge on any atom is 0.415 e. The molecule has 3 heterocycles. The summed E-state index contributed by atoms with van der Waals surface area (Å²) in [6.45, 7) is 2.10. The summed E-state index contributed by atoms with van der Waals surface area (Å²) in [5, 5.41) is 11.3. The molecule has 0 spiro atoms. The normalized spacial score (nSPS) is 13.9. The lowest BCUT2D eigenvalue weighted by molar-refractivity contribution is 0.0416. The van der Waals surface area contributed by atoms with Gasteiger partial charge in [-0.3, -0.25) is 5.10 Å². The molecule has 0 radical (unpaired) electrons. The molecule has 0 atom stereocenters. The van der Waals surface area contributed by atoms with Crippen molar-refractivity contribution in [3.8, 4) is 17.1 Å². The van der Waals surface area contributed by atoms with Crippen molar-refractivity contribution in [3.63, 3.8) is 0 Å². The molecule has 1 amide bonds. The molecule has 5 rings (SSSR count). The topological polar surface area (TPSA) is 105 Å². The number of hydrogen-bond donors (Lipinski definition) is 2. The zero-order valence-corrected chi connectivity index (χ0v) is 16.6. The summed E-state index contributed by atoms with van der Waals surface area (Å²) in [6.07, 6.45) is 3.08. The largest absolute Gasteiger partial charge is 0.415 e. The van der Waals surface area contributed by atoms with E-state index in [-0.39, 0.29) is 6.09 Å². The summed E-state index contributed by atoms with van der Waals surface area (Å²) in [5.74, 6) is 1.63. The second-order valence-corrected chi connectivity index (χ2v) is 7.06. The summed E-state index contributed by atoms with van der Waals surface area (Å²) in [6, 6.07) is 14.9. The number of carbonyl (C=O) groups excluding carboxylic acids is 1. The predicted octanol–water partition coefficient (Wildman–Crippen LogP) is 3.59. The van der Waals surface area contributed by atoms with Crippen molar-refractivity contribution in [3.05, 3.63) is 60.9 Å². The molecule has 2 N–H and O–H groups in total. The quantitative estimate of drug-likeness (QED) is 0.524. The third-order valence-electron chi connectivity index (χ3n) is 4.93. The zero-order chi connectivity index (χ0) is 21.0. The number of benzene rings is 2. The Morgan fingerprint density at radius 2 is 2.03 bits per heavy atom. The number of aromatic nitrogens is 4. The fourth-order valence-electron chi connectivity index (χ4n) is 3.35. The first-order valence-electron chi connectivity index (χ1n) is 9.93. The highest BCUT2D eigenvalue weighted by Crippen LogP contribution is 2.24. The zero-order valence-electron chi connectivity index (χ0n) is 16.6. The minimum atomic E-state index is -0.383. The highest BCUT2D eigenvalue weighted by Gasteiger charge is 2.19. The number of aromatic amines is 1. The first-order chi connectivity index (χ1) is 15.2. The van der Waals surface area contributed by atoms with Crippen LogP contribution in [0.5, 0.6) is 5.75 Å².